The summed E-state index contributed by atoms with van der Waals surface area (Å²) in [6.07, 6.45) is 1.42. The number of nitrogens with two attached hydrogens (primary N) is 1. The van der Waals surface area contributed by atoms with Crippen molar-refractivity contribution in [3.63, 3.8) is 0 Å². The van der Waals surface area contributed by atoms with Gasteiger partial charge in [-0.3, -0.25) is 4.72 Å². The van der Waals surface area contributed by atoms with Crippen LogP contribution in [0.25, 0.3) is 0 Å². The summed E-state index contributed by atoms with van der Waals surface area (Å²) in [6, 6.07) is 2.13. The van der Waals surface area contributed by atoms with E-state index < -0.39 is 20.7 Å². The lowest BCUT2D eigenvalue weighted by molar-refractivity contribution is 0.573. The number of rotatable bonds is 3. The number of nitrogens with one attached hydrogen (secondary N) is 1. The molecule has 3 N–H and O–H groups in total. The van der Waals surface area contributed by atoms with Gasteiger partial charge in [0.25, 0.3) is 10.0 Å². The zero-order valence-electron chi connectivity index (χ0n) is 8.72. The first-order valence-electron chi connectivity index (χ1n) is 4.57. The van der Waals surface area contributed by atoms with Gasteiger partial charge in [-0.2, -0.15) is 0 Å². The Balaban J connectivity index is 2.48. The maximum Gasteiger partial charge on any atom is 0.266 e. The molecule has 0 radical (unpaired) electrons. The first-order chi connectivity index (χ1) is 8.40. The number of nitrogens with zero attached hydrogens (tertiary/aromatic N) is 1. The number of nitrogen functional groups attached to an aromatic ring is 1. The van der Waals surface area contributed by atoms with Crippen LogP contribution in [0, 0.1) is 5.82 Å². The highest BCUT2D eigenvalue weighted by molar-refractivity contribution is 7.93. The molecule has 0 aliphatic rings. The zero-order chi connectivity index (χ0) is 13.3. The molecule has 0 bridgehead atoms. The molecule has 1 aromatic heterocycles. The number of thiazole rings is 1. The van der Waals surface area contributed by atoms with Gasteiger partial charge in [-0.15, -0.1) is 11.3 Å². The van der Waals surface area contributed by atoms with E-state index in [1.165, 1.54) is 6.20 Å². The van der Waals surface area contributed by atoms with Gasteiger partial charge in [0.05, 0.1) is 5.69 Å². The Morgan fingerprint density at radius 3 is 2.78 bits per heavy atom. The molecule has 0 aliphatic carbocycles. The maximum absolute atomic E-state index is 13.7. The Labute approximate surface area is 111 Å². The van der Waals surface area contributed by atoms with Crippen molar-refractivity contribution < 1.29 is 12.8 Å². The number of hydrogen-bond acceptors (Lipinski definition) is 5. The molecule has 5 nitrogen and oxygen atoms in total. The van der Waals surface area contributed by atoms with Crippen LogP contribution in [0.2, 0.25) is 5.02 Å². The summed E-state index contributed by atoms with van der Waals surface area (Å²) in [5.41, 5.74) is 5.00. The van der Waals surface area contributed by atoms with Crippen LogP contribution in [-0.2, 0) is 10.0 Å². The molecule has 0 saturated carbocycles. The Kier molecular flexibility index (Phi) is 3.42. The lowest BCUT2D eigenvalue weighted by Gasteiger charge is -2.08. The van der Waals surface area contributed by atoms with E-state index in [9.17, 15) is 12.8 Å². The van der Waals surface area contributed by atoms with Gasteiger partial charge in [-0.25, -0.2) is 17.8 Å². The van der Waals surface area contributed by atoms with Gasteiger partial charge < -0.3 is 5.73 Å². The quantitative estimate of drug-likeness (QED) is 0.852. The van der Waals surface area contributed by atoms with E-state index in [2.05, 4.69) is 9.71 Å². The molecule has 18 heavy (non-hydrogen) atoms. The van der Waals surface area contributed by atoms with Crippen LogP contribution < -0.4 is 10.5 Å². The van der Waals surface area contributed by atoms with Gasteiger partial charge in [-0.1, -0.05) is 11.6 Å². The second-order valence-electron chi connectivity index (χ2n) is 3.25. The lowest BCUT2D eigenvalue weighted by atomic mass is 10.3. The van der Waals surface area contributed by atoms with Crippen molar-refractivity contribution in [2.24, 2.45) is 0 Å². The summed E-state index contributed by atoms with van der Waals surface area (Å²) in [7, 11) is -4.10. The highest BCUT2D eigenvalue weighted by atomic mass is 35.5. The number of aromatic nitrogens is 1. The first kappa shape index (κ1) is 13.1. The summed E-state index contributed by atoms with van der Waals surface area (Å²) in [6.45, 7) is 0. The van der Waals surface area contributed by atoms with Crippen LogP contribution in [-0.4, -0.2) is 13.4 Å². The van der Waals surface area contributed by atoms with E-state index in [0.29, 0.717) is 0 Å². The molecule has 9 heteroatoms. The third kappa shape index (κ3) is 2.55. The minimum absolute atomic E-state index is 0.0356. The van der Waals surface area contributed by atoms with E-state index in [-0.39, 0.29) is 15.8 Å². The smallest absolute Gasteiger partial charge is 0.266 e. The van der Waals surface area contributed by atoms with Crippen LogP contribution in [0.3, 0.4) is 0 Å². The summed E-state index contributed by atoms with van der Waals surface area (Å²) in [5, 5.41) is 1.75. The minimum Gasteiger partial charge on any atom is -0.396 e. The second-order valence-corrected chi connectivity index (χ2v) is 6.23. The van der Waals surface area contributed by atoms with E-state index in [1.807, 2.05) is 0 Å². The lowest BCUT2D eigenvalue weighted by Crippen LogP contribution is -2.15. The third-order valence-corrected chi connectivity index (χ3v) is 4.35. The molecule has 0 amide bonds. The molecule has 0 fully saturated rings. The summed E-state index contributed by atoms with van der Waals surface area (Å²) < 4.78 is 39.7. The van der Waals surface area contributed by atoms with Gasteiger partial charge in [0, 0.05) is 16.6 Å². The van der Waals surface area contributed by atoms with Crippen molar-refractivity contribution in [2.75, 3.05) is 10.5 Å². The maximum atomic E-state index is 13.7. The number of halogens is 2. The molecule has 0 unspecified atom stereocenters. The van der Waals surface area contributed by atoms with Gasteiger partial charge in [0.1, 0.15) is 4.90 Å². The fourth-order valence-corrected chi connectivity index (χ4v) is 3.44. The molecule has 0 atom stereocenters. The van der Waals surface area contributed by atoms with Gasteiger partial charge >= 0.3 is 0 Å². The minimum atomic E-state index is -4.10. The van der Waals surface area contributed by atoms with Crippen molar-refractivity contribution in [1.82, 2.24) is 4.98 Å². The van der Waals surface area contributed by atoms with Crippen molar-refractivity contribution in [2.45, 2.75) is 4.90 Å². The summed E-state index contributed by atoms with van der Waals surface area (Å²) in [5.74, 6) is -1.04. The fraction of sp³-hybridized carbons (Fsp3) is 0. The van der Waals surface area contributed by atoms with Gasteiger partial charge in [0.15, 0.2) is 10.9 Å². The Morgan fingerprint density at radius 1 is 1.44 bits per heavy atom. The second kappa shape index (κ2) is 4.71. The van der Waals surface area contributed by atoms with Crippen molar-refractivity contribution in [1.29, 1.82) is 0 Å². The molecule has 0 aliphatic heterocycles. The zero-order valence-corrected chi connectivity index (χ0v) is 11.1. The molecule has 96 valence electrons. The molecule has 2 rings (SSSR count). The number of hydrogen-bond donors (Lipinski definition) is 2. The van der Waals surface area contributed by atoms with Crippen molar-refractivity contribution in [3.8, 4) is 0 Å². The molecule has 0 saturated heterocycles. The van der Waals surface area contributed by atoms with Crippen LogP contribution in [0.15, 0.2) is 28.6 Å². The van der Waals surface area contributed by atoms with Gasteiger partial charge in [-0.05, 0) is 12.1 Å². The Morgan fingerprint density at radius 2 is 2.17 bits per heavy atom. The van der Waals surface area contributed by atoms with Crippen LogP contribution in [0.1, 0.15) is 0 Å². The predicted molar refractivity (Wildman–Crippen MR) is 68.7 cm³/mol. The van der Waals surface area contributed by atoms with Gasteiger partial charge in [0.2, 0.25) is 0 Å². The third-order valence-electron chi connectivity index (χ3n) is 1.98. The highest BCUT2D eigenvalue weighted by Gasteiger charge is 2.22. The molecule has 2 aromatic rings. The largest absolute Gasteiger partial charge is 0.396 e. The topological polar surface area (TPSA) is 85.1 Å². The van der Waals surface area contributed by atoms with E-state index >= 15 is 0 Å². The van der Waals surface area contributed by atoms with Crippen molar-refractivity contribution in [3.05, 3.63) is 34.5 Å². The van der Waals surface area contributed by atoms with E-state index in [1.54, 1.807) is 5.38 Å². The summed E-state index contributed by atoms with van der Waals surface area (Å²) in [4.78, 5) is 3.13. The average molecular weight is 308 g/mol. The first-order valence-corrected chi connectivity index (χ1v) is 7.31. The van der Waals surface area contributed by atoms with Crippen LogP contribution >= 0.6 is 22.9 Å². The number of anilines is 2. The molecule has 0 spiro atoms. The summed E-state index contributed by atoms with van der Waals surface area (Å²) >= 11 is 6.73. The molecule has 1 aromatic carbocycles. The Bertz CT molecular complexity index is 673. The molecule has 1 heterocycles. The van der Waals surface area contributed by atoms with Crippen LogP contribution in [0.5, 0.6) is 0 Å². The monoisotopic (exact) mass is 307 g/mol. The van der Waals surface area contributed by atoms with Crippen molar-refractivity contribution >= 4 is 43.8 Å². The Hall–Kier alpha value is -1.38. The fourth-order valence-electron chi connectivity index (χ4n) is 1.22. The normalized spacial score (nSPS) is 11.4. The predicted octanol–water partition coefficient (Wildman–Crippen LogP) is 2.32. The van der Waals surface area contributed by atoms with E-state index in [0.717, 1.165) is 23.5 Å². The SMILES string of the molecule is Nc1cc(Cl)cc(S(=O)(=O)Nc2nccs2)c1F. The standard InChI is InChI=1S/C9H7ClFN3O2S2/c10-5-3-6(12)8(11)7(4-5)18(15,16)14-9-13-1-2-17-9/h1-4H,12H2,(H,13,14). The average Bonchev–Trinajstić information content (AvgIpc) is 2.75. The van der Waals surface area contributed by atoms with E-state index in [4.69, 9.17) is 17.3 Å². The molecular weight excluding hydrogens is 301 g/mol. The number of benzene rings is 1. The molecular formula is C9H7ClFN3O2S2. The number of sulfonamides is 1. The van der Waals surface area contributed by atoms with Crippen LogP contribution in [0.4, 0.5) is 15.2 Å². The highest BCUT2D eigenvalue weighted by Crippen LogP contribution is 2.27.